The molecule has 0 amide bonds. The number of pyridine rings is 1. The van der Waals surface area contributed by atoms with Crippen LogP contribution in [0.2, 0.25) is 0 Å². The molecule has 0 aliphatic carbocycles. The number of sulfonamides is 1. The zero-order chi connectivity index (χ0) is 26.6. The van der Waals surface area contributed by atoms with Crippen LogP contribution in [-0.2, 0) is 28.9 Å². The lowest BCUT2D eigenvalue weighted by Gasteiger charge is -2.17. The predicted molar refractivity (Wildman–Crippen MR) is 140 cm³/mol. The second-order valence-corrected chi connectivity index (χ2v) is 10.4. The molecule has 9 heteroatoms. The molecule has 4 rings (SSSR count). The summed E-state index contributed by atoms with van der Waals surface area (Å²) in [4.78, 5) is 14.6. The summed E-state index contributed by atoms with van der Waals surface area (Å²) >= 11 is 0. The maximum atomic E-state index is 14.5. The third-order valence-corrected chi connectivity index (χ3v) is 7.53. The first-order valence-electron chi connectivity index (χ1n) is 12.0. The van der Waals surface area contributed by atoms with Crippen molar-refractivity contribution in [3.63, 3.8) is 0 Å². The van der Waals surface area contributed by atoms with Crippen LogP contribution in [0.5, 0.6) is 5.75 Å². The lowest BCUT2D eigenvalue weighted by molar-refractivity contribution is -0.00686. The Morgan fingerprint density at radius 1 is 0.946 bits per heavy atom. The molecule has 0 radical (unpaired) electrons. The number of rotatable bonds is 10. The van der Waals surface area contributed by atoms with Crippen LogP contribution in [0.15, 0.2) is 82.5 Å². The van der Waals surface area contributed by atoms with Crippen LogP contribution in [0.4, 0.5) is 8.78 Å². The van der Waals surface area contributed by atoms with Gasteiger partial charge in [-0.3, -0.25) is 4.79 Å². The van der Waals surface area contributed by atoms with Crippen molar-refractivity contribution in [3.05, 3.63) is 105 Å². The summed E-state index contributed by atoms with van der Waals surface area (Å²) in [5.41, 5.74) is 1.78. The first-order chi connectivity index (χ1) is 17.6. The van der Waals surface area contributed by atoms with E-state index in [9.17, 15) is 22.0 Å². The van der Waals surface area contributed by atoms with Gasteiger partial charge in [0.05, 0.1) is 11.5 Å². The third-order valence-electron chi connectivity index (χ3n) is 6.11. The Balaban J connectivity index is 1.52. The molecule has 0 spiro atoms. The van der Waals surface area contributed by atoms with E-state index in [4.69, 9.17) is 4.74 Å². The van der Waals surface area contributed by atoms with Crippen molar-refractivity contribution >= 4 is 20.9 Å². The van der Waals surface area contributed by atoms with E-state index < -0.39 is 27.9 Å². The SMILES string of the molecule is CCOc1ccccc1CNS(=O)(=O)c1ccc(Cc2ccc3[nH]c(=O)cc(C(F)(F)CC)c3c2)cc1. The maximum absolute atomic E-state index is 14.5. The minimum Gasteiger partial charge on any atom is -0.494 e. The normalized spacial score (nSPS) is 12.1. The lowest BCUT2D eigenvalue weighted by Crippen LogP contribution is -2.23. The Kier molecular flexibility index (Phi) is 7.75. The zero-order valence-corrected chi connectivity index (χ0v) is 21.4. The number of para-hydroxylation sites is 1. The summed E-state index contributed by atoms with van der Waals surface area (Å²) in [5, 5.41) is 0.291. The van der Waals surface area contributed by atoms with Crippen molar-refractivity contribution in [3.8, 4) is 5.75 Å². The number of ether oxygens (including phenoxy) is 1. The van der Waals surface area contributed by atoms with Gasteiger partial charge in [-0.1, -0.05) is 43.3 Å². The molecule has 0 atom stereocenters. The molecule has 37 heavy (non-hydrogen) atoms. The Hall–Kier alpha value is -3.56. The summed E-state index contributed by atoms with van der Waals surface area (Å²) in [5.74, 6) is -2.50. The summed E-state index contributed by atoms with van der Waals surface area (Å²) in [7, 11) is -3.76. The number of benzene rings is 3. The van der Waals surface area contributed by atoms with Crippen LogP contribution >= 0.6 is 0 Å². The Morgan fingerprint density at radius 3 is 2.35 bits per heavy atom. The van der Waals surface area contributed by atoms with Crippen LogP contribution in [0.3, 0.4) is 0 Å². The average molecular weight is 527 g/mol. The molecule has 0 aliphatic heterocycles. The van der Waals surface area contributed by atoms with Crippen molar-refractivity contribution in [2.75, 3.05) is 6.61 Å². The molecule has 0 saturated heterocycles. The number of hydrogen-bond donors (Lipinski definition) is 2. The Labute approximate surface area is 214 Å². The van der Waals surface area contributed by atoms with Crippen LogP contribution in [-0.4, -0.2) is 20.0 Å². The van der Waals surface area contributed by atoms with Gasteiger partial charge in [-0.05, 0) is 54.8 Å². The number of aromatic amines is 1. The smallest absolute Gasteiger partial charge is 0.273 e. The van der Waals surface area contributed by atoms with Gasteiger partial charge in [0.25, 0.3) is 5.92 Å². The van der Waals surface area contributed by atoms with Crippen molar-refractivity contribution in [1.29, 1.82) is 0 Å². The van der Waals surface area contributed by atoms with Gasteiger partial charge in [0, 0.05) is 41.1 Å². The van der Waals surface area contributed by atoms with E-state index in [2.05, 4.69) is 9.71 Å². The second kappa shape index (κ2) is 10.8. The minimum atomic E-state index is -3.76. The zero-order valence-electron chi connectivity index (χ0n) is 20.6. The van der Waals surface area contributed by atoms with Gasteiger partial charge in [-0.2, -0.15) is 0 Å². The van der Waals surface area contributed by atoms with E-state index in [0.29, 0.717) is 29.7 Å². The fourth-order valence-electron chi connectivity index (χ4n) is 4.13. The highest BCUT2D eigenvalue weighted by atomic mass is 32.2. The van der Waals surface area contributed by atoms with Crippen LogP contribution < -0.4 is 15.0 Å². The van der Waals surface area contributed by atoms with E-state index in [1.165, 1.54) is 19.1 Å². The van der Waals surface area contributed by atoms with Crippen molar-refractivity contribution < 1.29 is 21.9 Å². The van der Waals surface area contributed by atoms with Gasteiger partial charge in [-0.15, -0.1) is 0 Å². The molecular weight excluding hydrogens is 498 g/mol. The molecule has 4 aromatic rings. The second-order valence-electron chi connectivity index (χ2n) is 8.67. The molecule has 1 heterocycles. The molecule has 194 valence electrons. The predicted octanol–water partition coefficient (Wildman–Crippen LogP) is 5.50. The molecule has 2 N–H and O–H groups in total. The van der Waals surface area contributed by atoms with Crippen LogP contribution in [0, 0.1) is 0 Å². The molecular formula is C28H28F2N2O4S. The fourth-order valence-corrected chi connectivity index (χ4v) is 5.13. The number of nitrogens with one attached hydrogen (secondary N) is 2. The number of H-pyrrole nitrogens is 1. The van der Waals surface area contributed by atoms with Gasteiger partial charge in [0.2, 0.25) is 15.6 Å². The number of aromatic nitrogens is 1. The molecule has 0 saturated carbocycles. The van der Waals surface area contributed by atoms with Gasteiger partial charge < -0.3 is 9.72 Å². The average Bonchev–Trinajstić information content (AvgIpc) is 2.88. The first-order valence-corrected chi connectivity index (χ1v) is 13.4. The monoisotopic (exact) mass is 526 g/mol. The largest absolute Gasteiger partial charge is 0.494 e. The fraction of sp³-hybridized carbons (Fsp3) is 0.250. The number of fused-ring (bicyclic) bond motifs is 1. The molecule has 0 unspecified atom stereocenters. The van der Waals surface area contributed by atoms with Gasteiger partial charge in [0.1, 0.15) is 5.75 Å². The number of alkyl halides is 2. The summed E-state index contributed by atoms with van der Waals surface area (Å²) in [6, 6.07) is 19.6. The minimum absolute atomic E-state index is 0.0875. The number of hydrogen-bond acceptors (Lipinski definition) is 4. The Morgan fingerprint density at radius 2 is 1.65 bits per heavy atom. The highest BCUT2D eigenvalue weighted by Gasteiger charge is 2.31. The summed E-state index contributed by atoms with van der Waals surface area (Å²) < 4.78 is 62.8. The quantitative estimate of drug-likeness (QED) is 0.286. The number of halogens is 2. The lowest BCUT2D eigenvalue weighted by atomic mass is 9.97. The standard InChI is InChI=1S/C28H28F2N2O4S/c1-3-28(29,30)24-17-27(33)32-25-14-11-20(16-23(24)25)15-19-9-12-22(13-10-19)37(34,35)31-18-21-7-5-6-8-26(21)36-4-2/h5-14,16-17,31H,3-4,15,18H2,1-2H3,(H,32,33). The van der Waals surface area contributed by atoms with Gasteiger partial charge in [-0.25, -0.2) is 21.9 Å². The summed E-state index contributed by atoms with van der Waals surface area (Å²) in [6.45, 7) is 3.80. The third kappa shape index (κ3) is 6.06. The van der Waals surface area contributed by atoms with E-state index in [-0.39, 0.29) is 17.0 Å². The van der Waals surface area contributed by atoms with Crippen molar-refractivity contribution in [1.82, 2.24) is 9.71 Å². The highest BCUT2D eigenvalue weighted by Crippen LogP contribution is 2.35. The van der Waals surface area contributed by atoms with E-state index in [1.807, 2.05) is 19.1 Å². The van der Waals surface area contributed by atoms with Crippen LogP contribution in [0.1, 0.15) is 42.5 Å². The van der Waals surface area contributed by atoms with E-state index in [0.717, 1.165) is 22.8 Å². The van der Waals surface area contributed by atoms with Gasteiger partial charge >= 0.3 is 0 Å². The van der Waals surface area contributed by atoms with E-state index in [1.54, 1.807) is 42.5 Å². The topological polar surface area (TPSA) is 88.3 Å². The first kappa shape index (κ1) is 26.5. The van der Waals surface area contributed by atoms with Crippen molar-refractivity contribution in [2.45, 2.75) is 44.1 Å². The molecule has 0 fully saturated rings. The summed E-state index contributed by atoms with van der Waals surface area (Å²) in [6.07, 6.45) is -0.0152. The van der Waals surface area contributed by atoms with Crippen LogP contribution in [0.25, 0.3) is 10.9 Å². The molecule has 0 bridgehead atoms. The van der Waals surface area contributed by atoms with Gasteiger partial charge in [0.15, 0.2) is 0 Å². The highest BCUT2D eigenvalue weighted by molar-refractivity contribution is 7.89. The Bertz CT molecular complexity index is 1570. The molecule has 1 aromatic heterocycles. The molecule has 3 aromatic carbocycles. The molecule has 6 nitrogen and oxygen atoms in total. The van der Waals surface area contributed by atoms with E-state index >= 15 is 0 Å². The van der Waals surface area contributed by atoms with Crippen molar-refractivity contribution in [2.24, 2.45) is 0 Å². The maximum Gasteiger partial charge on any atom is 0.273 e. The molecule has 0 aliphatic rings.